The normalized spacial score (nSPS) is 24.6. The lowest BCUT2D eigenvalue weighted by Gasteiger charge is -2.23. The van der Waals surface area contributed by atoms with Crippen molar-refractivity contribution >= 4 is 23.6 Å². The van der Waals surface area contributed by atoms with Crippen molar-refractivity contribution in [2.75, 3.05) is 12.8 Å². The highest BCUT2D eigenvalue weighted by atomic mass is 32.2. The van der Waals surface area contributed by atoms with Crippen LogP contribution in [0.3, 0.4) is 0 Å². The number of aliphatic carboxylic acids is 1. The monoisotopic (exact) mass is 261 g/mol. The van der Waals surface area contributed by atoms with E-state index in [1.807, 2.05) is 20.1 Å². The van der Waals surface area contributed by atoms with Crippen LogP contribution in [-0.2, 0) is 14.3 Å². The summed E-state index contributed by atoms with van der Waals surface area (Å²) in [6.07, 6.45) is 1.41. The number of rotatable bonds is 5. The molecule has 2 N–H and O–H groups in total. The lowest BCUT2D eigenvalue weighted by molar-refractivity contribution is -0.151. The van der Waals surface area contributed by atoms with E-state index in [9.17, 15) is 9.59 Å². The Morgan fingerprint density at radius 1 is 1.41 bits per heavy atom. The predicted molar refractivity (Wildman–Crippen MR) is 66.1 cm³/mol. The Labute approximate surface area is 105 Å². The third kappa shape index (κ3) is 4.20. The van der Waals surface area contributed by atoms with E-state index < -0.39 is 18.2 Å². The first-order valence-electron chi connectivity index (χ1n) is 5.57. The van der Waals surface area contributed by atoms with Gasteiger partial charge >= 0.3 is 5.97 Å². The van der Waals surface area contributed by atoms with Crippen LogP contribution < -0.4 is 5.32 Å². The molecule has 0 saturated carbocycles. The van der Waals surface area contributed by atoms with E-state index in [4.69, 9.17) is 9.84 Å². The Morgan fingerprint density at radius 2 is 2.00 bits per heavy atom. The first-order valence-corrected chi connectivity index (χ1v) is 6.79. The number of carboxylic acid groups (broad SMARTS) is 1. The van der Waals surface area contributed by atoms with Gasteiger partial charge in [-0.05, 0) is 32.9 Å². The van der Waals surface area contributed by atoms with Gasteiger partial charge in [0.1, 0.15) is 6.10 Å². The fourth-order valence-corrected chi connectivity index (χ4v) is 1.71. The number of carbonyl (C=O) groups excluding carboxylic acids is 1. The zero-order chi connectivity index (χ0) is 13.1. The molecule has 1 fully saturated rings. The number of hydrogen-bond donors (Lipinski definition) is 2. The van der Waals surface area contributed by atoms with E-state index in [0.717, 1.165) is 0 Å². The summed E-state index contributed by atoms with van der Waals surface area (Å²) in [4.78, 5) is 22.4. The molecule has 6 heteroatoms. The Hall–Kier alpha value is -0.750. The van der Waals surface area contributed by atoms with Gasteiger partial charge in [0.05, 0.1) is 0 Å². The van der Waals surface area contributed by atoms with Gasteiger partial charge in [0.25, 0.3) is 0 Å². The molecule has 1 aliphatic heterocycles. The highest BCUT2D eigenvalue weighted by Gasteiger charge is 2.35. The molecular formula is C11H19NO4S. The first kappa shape index (κ1) is 14.3. The Morgan fingerprint density at radius 3 is 2.47 bits per heavy atom. The summed E-state index contributed by atoms with van der Waals surface area (Å²) in [5.74, 6) is -1.21. The standard InChI is InChI=1S/C11H19NO4S/c1-11(2,17-3)6-12-9(13)7-4-5-8(16-7)10(14)15/h7-8H,4-6H2,1-3H3,(H,12,13)(H,14,15)/t7-,8+/m0/s1. The van der Waals surface area contributed by atoms with Gasteiger partial charge < -0.3 is 15.2 Å². The Bertz CT molecular complexity index is 306. The number of amides is 1. The van der Waals surface area contributed by atoms with Crippen molar-refractivity contribution in [3.63, 3.8) is 0 Å². The van der Waals surface area contributed by atoms with Gasteiger partial charge in [0.2, 0.25) is 5.91 Å². The van der Waals surface area contributed by atoms with Crippen molar-refractivity contribution in [3.05, 3.63) is 0 Å². The molecular weight excluding hydrogens is 242 g/mol. The second kappa shape index (κ2) is 5.73. The fourth-order valence-electron chi connectivity index (χ4n) is 1.50. The topological polar surface area (TPSA) is 75.6 Å². The molecule has 17 heavy (non-hydrogen) atoms. The summed E-state index contributed by atoms with van der Waals surface area (Å²) >= 11 is 1.67. The summed E-state index contributed by atoms with van der Waals surface area (Å²) in [5.41, 5.74) is 0. The van der Waals surface area contributed by atoms with E-state index in [2.05, 4.69) is 5.32 Å². The van der Waals surface area contributed by atoms with Crippen LogP contribution >= 0.6 is 11.8 Å². The first-order chi connectivity index (χ1) is 7.85. The number of carbonyl (C=O) groups is 2. The van der Waals surface area contributed by atoms with Crippen LogP contribution in [0.4, 0.5) is 0 Å². The third-order valence-corrected chi connectivity index (χ3v) is 4.08. The van der Waals surface area contributed by atoms with Crippen LogP contribution in [0, 0.1) is 0 Å². The molecule has 0 aliphatic carbocycles. The smallest absolute Gasteiger partial charge is 0.332 e. The number of ether oxygens (including phenoxy) is 1. The fraction of sp³-hybridized carbons (Fsp3) is 0.818. The highest BCUT2D eigenvalue weighted by molar-refractivity contribution is 7.99. The minimum absolute atomic E-state index is 0.0273. The van der Waals surface area contributed by atoms with E-state index in [0.29, 0.717) is 19.4 Å². The average molecular weight is 261 g/mol. The molecule has 0 spiro atoms. The molecule has 0 unspecified atom stereocenters. The van der Waals surface area contributed by atoms with Crippen molar-refractivity contribution < 1.29 is 19.4 Å². The predicted octanol–water partition coefficient (Wildman–Crippen LogP) is 0.876. The molecule has 98 valence electrons. The molecule has 0 radical (unpaired) electrons. The van der Waals surface area contributed by atoms with Crippen LogP contribution in [-0.4, -0.2) is 46.7 Å². The second-order valence-corrected chi connectivity index (χ2v) is 6.22. The molecule has 0 aromatic carbocycles. The van der Waals surface area contributed by atoms with Gasteiger partial charge in [-0.1, -0.05) is 0 Å². The number of carboxylic acids is 1. The molecule has 2 atom stereocenters. The van der Waals surface area contributed by atoms with Crippen molar-refractivity contribution in [2.24, 2.45) is 0 Å². The SMILES string of the molecule is CSC(C)(C)CNC(=O)[C@@H]1CC[C@H](C(=O)O)O1. The maximum absolute atomic E-state index is 11.7. The molecule has 5 nitrogen and oxygen atoms in total. The Balaban J connectivity index is 2.37. The maximum Gasteiger partial charge on any atom is 0.332 e. The van der Waals surface area contributed by atoms with Gasteiger partial charge in [-0.3, -0.25) is 4.79 Å². The van der Waals surface area contributed by atoms with Crippen molar-refractivity contribution in [3.8, 4) is 0 Å². The average Bonchev–Trinajstić information content (AvgIpc) is 2.75. The lowest BCUT2D eigenvalue weighted by Crippen LogP contribution is -2.41. The lowest BCUT2D eigenvalue weighted by atomic mass is 10.1. The molecule has 1 aliphatic rings. The molecule has 0 aromatic heterocycles. The van der Waals surface area contributed by atoms with Crippen LogP contribution in [0.15, 0.2) is 0 Å². The van der Waals surface area contributed by atoms with Gasteiger partial charge in [0.15, 0.2) is 6.10 Å². The minimum Gasteiger partial charge on any atom is -0.479 e. The maximum atomic E-state index is 11.7. The highest BCUT2D eigenvalue weighted by Crippen LogP contribution is 2.22. The largest absolute Gasteiger partial charge is 0.479 e. The molecule has 1 rings (SSSR count). The summed E-state index contributed by atoms with van der Waals surface area (Å²) in [5, 5.41) is 11.5. The van der Waals surface area contributed by atoms with Gasteiger partial charge in [-0.25, -0.2) is 4.79 Å². The summed E-state index contributed by atoms with van der Waals surface area (Å²) in [6.45, 7) is 4.62. The van der Waals surface area contributed by atoms with E-state index >= 15 is 0 Å². The van der Waals surface area contributed by atoms with Gasteiger partial charge in [0, 0.05) is 11.3 Å². The van der Waals surface area contributed by atoms with Crippen LogP contribution in [0.1, 0.15) is 26.7 Å². The van der Waals surface area contributed by atoms with Gasteiger partial charge in [-0.15, -0.1) is 0 Å². The van der Waals surface area contributed by atoms with Crippen LogP contribution in [0.2, 0.25) is 0 Å². The summed E-state index contributed by atoms with van der Waals surface area (Å²) in [7, 11) is 0. The van der Waals surface area contributed by atoms with Crippen molar-refractivity contribution in [2.45, 2.75) is 43.6 Å². The minimum atomic E-state index is -0.996. The quantitative estimate of drug-likeness (QED) is 0.768. The van der Waals surface area contributed by atoms with Gasteiger partial charge in [-0.2, -0.15) is 11.8 Å². The number of nitrogens with one attached hydrogen (secondary N) is 1. The summed E-state index contributed by atoms with van der Waals surface area (Å²) < 4.78 is 5.14. The molecule has 0 bridgehead atoms. The van der Waals surface area contributed by atoms with E-state index in [-0.39, 0.29) is 10.7 Å². The number of thioether (sulfide) groups is 1. The van der Waals surface area contributed by atoms with Crippen LogP contribution in [0.5, 0.6) is 0 Å². The van der Waals surface area contributed by atoms with E-state index in [1.54, 1.807) is 11.8 Å². The van der Waals surface area contributed by atoms with Crippen LogP contribution in [0.25, 0.3) is 0 Å². The molecule has 1 saturated heterocycles. The molecule has 1 heterocycles. The molecule has 1 amide bonds. The zero-order valence-corrected chi connectivity index (χ0v) is 11.2. The number of hydrogen-bond acceptors (Lipinski definition) is 4. The third-order valence-electron chi connectivity index (χ3n) is 2.83. The zero-order valence-electron chi connectivity index (χ0n) is 10.4. The second-order valence-electron chi connectivity index (χ2n) is 4.71. The van der Waals surface area contributed by atoms with E-state index in [1.165, 1.54) is 0 Å². The van der Waals surface area contributed by atoms with Crippen molar-refractivity contribution in [1.82, 2.24) is 5.32 Å². The molecule has 0 aromatic rings. The van der Waals surface area contributed by atoms with Crippen molar-refractivity contribution in [1.29, 1.82) is 0 Å². The summed E-state index contributed by atoms with van der Waals surface area (Å²) in [6, 6.07) is 0. The Kier molecular flexibility index (Phi) is 4.82.